The lowest BCUT2D eigenvalue weighted by molar-refractivity contribution is 0.0636. The maximum Gasteiger partial charge on any atom is 0.412 e. The van der Waals surface area contributed by atoms with Crippen LogP contribution in [0.3, 0.4) is 0 Å². The van der Waals surface area contributed by atoms with Crippen molar-refractivity contribution in [3.63, 3.8) is 0 Å². The Morgan fingerprint density at radius 3 is 2.82 bits per heavy atom. The topological polar surface area (TPSA) is 50.4 Å². The van der Waals surface area contributed by atoms with Gasteiger partial charge < -0.3 is 10.1 Å². The van der Waals surface area contributed by atoms with Gasteiger partial charge in [0.1, 0.15) is 5.60 Å². The van der Waals surface area contributed by atoms with Gasteiger partial charge in [0.05, 0.1) is 0 Å². The Kier molecular flexibility index (Phi) is 3.07. The summed E-state index contributed by atoms with van der Waals surface area (Å²) < 4.78 is 5.23. The second-order valence-corrected chi connectivity index (χ2v) is 5.17. The molecule has 0 atom stereocenters. The standard InChI is InChI=1S/C13H18N2O2/c1-13(2,3)17-12(16)15-11-6-4-5-9-7-14-8-10(9)11/h4-6,14H,7-8H2,1-3H3,(H,15,16). The number of hydrogen-bond donors (Lipinski definition) is 2. The summed E-state index contributed by atoms with van der Waals surface area (Å²) in [5.41, 5.74) is 2.75. The van der Waals surface area contributed by atoms with Crippen LogP contribution in [-0.2, 0) is 17.8 Å². The maximum absolute atomic E-state index is 11.7. The fourth-order valence-electron chi connectivity index (χ4n) is 1.86. The quantitative estimate of drug-likeness (QED) is 0.785. The van der Waals surface area contributed by atoms with Crippen LogP contribution in [0.1, 0.15) is 31.9 Å². The monoisotopic (exact) mass is 234 g/mol. The predicted molar refractivity (Wildman–Crippen MR) is 66.8 cm³/mol. The summed E-state index contributed by atoms with van der Waals surface area (Å²) in [6.07, 6.45) is -0.405. The number of benzene rings is 1. The third-order valence-electron chi connectivity index (χ3n) is 2.53. The van der Waals surface area contributed by atoms with E-state index in [9.17, 15) is 4.79 Å². The van der Waals surface area contributed by atoms with Crippen LogP contribution in [0.4, 0.5) is 10.5 Å². The zero-order valence-electron chi connectivity index (χ0n) is 10.5. The van der Waals surface area contributed by atoms with Crippen molar-refractivity contribution in [1.82, 2.24) is 5.32 Å². The van der Waals surface area contributed by atoms with Gasteiger partial charge in [-0.3, -0.25) is 5.32 Å². The normalized spacial score (nSPS) is 14.3. The number of amides is 1. The molecule has 0 aliphatic carbocycles. The molecule has 1 aliphatic rings. The van der Waals surface area contributed by atoms with Crippen molar-refractivity contribution in [3.8, 4) is 0 Å². The maximum atomic E-state index is 11.7. The van der Waals surface area contributed by atoms with E-state index in [2.05, 4.69) is 16.7 Å². The molecule has 1 aromatic rings. The fraction of sp³-hybridized carbons (Fsp3) is 0.462. The molecule has 1 amide bonds. The Balaban J connectivity index is 2.10. The molecule has 0 radical (unpaired) electrons. The Morgan fingerprint density at radius 1 is 1.35 bits per heavy atom. The van der Waals surface area contributed by atoms with Crippen LogP contribution in [0.25, 0.3) is 0 Å². The molecule has 0 bridgehead atoms. The first-order valence-electron chi connectivity index (χ1n) is 5.77. The molecule has 0 aromatic heterocycles. The van der Waals surface area contributed by atoms with Crippen LogP contribution in [0.15, 0.2) is 18.2 Å². The molecule has 4 heteroatoms. The number of anilines is 1. The number of nitrogens with one attached hydrogen (secondary N) is 2. The zero-order valence-corrected chi connectivity index (χ0v) is 10.5. The van der Waals surface area contributed by atoms with Crippen LogP contribution < -0.4 is 10.6 Å². The van der Waals surface area contributed by atoms with E-state index in [1.807, 2.05) is 32.9 Å². The smallest absolute Gasteiger partial charge is 0.412 e. The Hall–Kier alpha value is -1.55. The van der Waals surface area contributed by atoms with Gasteiger partial charge in [-0.1, -0.05) is 12.1 Å². The highest BCUT2D eigenvalue weighted by atomic mass is 16.6. The number of carbonyl (C=O) groups is 1. The van der Waals surface area contributed by atoms with Gasteiger partial charge in [0.15, 0.2) is 0 Å². The average Bonchev–Trinajstić information content (AvgIpc) is 2.63. The van der Waals surface area contributed by atoms with E-state index in [4.69, 9.17) is 4.74 Å². The summed E-state index contributed by atoms with van der Waals surface area (Å²) in [4.78, 5) is 11.7. The number of hydrogen-bond acceptors (Lipinski definition) is 3. The van der Waals surface area contributed by atoms with E-state index >= 15 is 0 Å². The molecule has 0 unspecified atom stereocenters. The first-order chi connectivity index (χ1) is 7.96. The van der Waals surface area contributed by atoms with Gasteiger partial charge in [0.25, 0.3) is 0 Å². The van der Waals surface area contributed by atoms with Gasteiger partial charge in [-0.2, -0.15) is 0 Å². The lowest BCUT2D eigenvalue weighted by Gasteiger charge is -2.20. The molecule has 1 aromatic carbocycles. The largest absolute Gasteiger partial charge is 0.444 e. The summed E-state index contributed by atoms with van der Waals surface area (Å²) >= 11 is 0. The molecule has 17 heavy (non-hydrogen) atoms. The van der Waals surface area contributed by atoms with Crippen molar-refractivity contribution in [1.29, 1.82) is 0 Å². The number of fused-ring (bicyclic) bond motifs is 1. The molecule has 2 rings (SSSR count). The molecule has 0 spiro atoms. The molecule has 1 heterocycles. The predicted octanol–water partition coefficient (Wildman–Crippen LogP) is 2.64. The van der Waals surface area contributed by atoms with E-state index in [1.165, 1.54) is 5.56 Å². The average molecular weight is 234 g/mol. The van der Waals surface area contributed by atoms with Crippen LogP contribution in [0, 0.1) is 0 Å². The first kappa shape index (κ1) is 11.9. The van der Waals surface area contributed by atoms with Crippen LogP contribution in [-0.4, -0.2) is 11.7 Å². The van der Waals surface area contributed by atoms with Crippen LogP contribution >= 0.6 is 0 Å². The molecule has 0 fully saturated rings. The molecule has 2 N–H and O–H groups in total. The van der Waals surface area contributed by atoms with Gasteiger partial charge in [0.2, 0.25) is 0 Å². The van der Waals surface area contributed by atoms with E-state index < -0.39 is 11.7 Å². The van der Waals surface area contributed by atoms with Gasteiger partial charge >= 0.3 is 6.09 Å². The summed E-state index contributed by atoms with van der Waals surface area (Å²) in [5.74, 6) is 0. The molecule has 0 saturated carbocycles. The number of rotatable bonds is 1. The third kappa shape index (κ3) is 2.97. The number of ether oxygens (including phenoxy) is 1. The Morgan fingerprint density at radius 2 is 2.12 bits per heavy atom. The molecular weight excluding hydrogens is 216 g/mol. The van der Waals surface area contributed by atoms with Crippen molar-refractivity contribution in [2.75, 3.05) is 5.32 Å². The highest BCUT2D eigenvalue weighted by Gasteiger charge is 2.19. The van der Waals surface area contributed by atoms with Crippen molar-refractivity contribution >= 4 is 11.8 Å². The van der Waals surface area contributed by atoms with Crippen molar-refractivity contribution in [3.05, 3.63) is 29.3 Å². The van der Waals surface area contributed by atoms with Crippen LogP contribution in [0.2, 0.25) is 0 Å². The van der Waals surface area contributed by atoms with Crippen LogP contribution in [0.5, 0.6) is 0 Å². The van der Waals surface area contributed by atoms with E-state index in [0.717, 1.165) is 24.3 Å². The second kappa shape index (κ2) is 4.37. The van der Waals surface area contributed by atoms with Gasteiger partial charge in [-0.15, -0.1) is 0 Å². The van der Waals surface area contributed by atoms with Gasteiger partial charge in [-0.25, -0.2) is 4.79 Å². The minimum absolute atomic E-state index is 0.405. The molecule has 1 aliphatic heterocycles. The minimum Gasteiger partial charge on any atom is -0.444 e. The fourth-order valence-corrected chi connectivity index (χ4v) is 1.86. The third-order valence-corrected chi connectivity index (χ3v) is 2.53. The number of carbonyl (C=O) groups excluding carboxylic acids is 1. The van der Waals surface area contributed by atoms with Crippen molar-refractivity contribution < 1.29 is 9.53 Å². The van der Waals surface area contributed by atoms with E-state index in [0.29, 0.717) is 0 Å². The van der Waals surface area contributed by atoms with E-state index in [1.54, 1.807) is 0 Å². The Labute approximate surface area is 101 Å². The molecule has 0 saturated heterocycles. The summed E-state index contributed by atoms with van der Waals surface area (Å²) in [6, 6.07) is 5.91. The highest BCUT2D eigenvalue weighted by Crippen LogP contribution is 2.24. The summed E-state index contributed by atoms with van der Waals surface area (Å²) in [6.45, 7) is 7.21. The first-order valence-corrected chi connectivity index (χ1v) is 5.77. The van der Waals surface area contributed by atoms with Crippen molar-refractivity contribution in [2.45, 2.75) is 39.5 Å². The Bertz CT molecular complexity index is 436. The summed E-state index contributed by atoms with van der Waals surface area (Å²) in [7, 11) is 0. The lowest BCUT2D eigenvalue weighted by Crippen LogP contribution is -2.27. The lowest BCUT2D eigenvalue weighted by atomic mass is 10.1. The highest BCUT2D eigenvalue weighted by molar-refractivity contribution is 5.86. The second-order valence-electron chi connectivity index (χ2n) is 5.17. The molecular formula is C13H18N2O2. The van der Waals surface area contributed by atoms with Gasteiger partial charge in [-0.05, 0) is 38.0 Å². The molecule has 92 valence electrons. The van der Waals surface area contributed by atoms with Crippen molar-refractivity contribution in [2.24, 2.45) is 0 Å². The SMILES string of the molecule is CC(C)(C)OC(=O)Nc1cccc2c1CNC2. The molecule has 4 nitrogen and oxygen atoms in total. The van der Waals surface area contributed by atoms with E-state index in [-0.39, 0.29) is 0 Å². The summed E-state index contributed by atoms with van der Waals surface area (Å²) in [5, 5.41) is 6.06. The van der Waals surface area contributed by atoms with Gasteiger partial charge in [0, 0.05) is 18.8 Å². The minimum atomic E-state index is -0.472. The zero-order chi connectivity index (χ0) is 12.5.